The van der Waals surface area contributed by atoms with E-state index in [2.05, 4.69) is 5.32 Å². The minimum absolute atomic E-state index is 0.136. The van der Waals surface area contributed by atoms with Gasteiger partial charge < -0.3 is 24.5 Å². The SMILES string of the molecule is CC(C)(C)OC(=O)N[C@@H](C/C=C(/c1ccc(B2OC(C)(C)C(C)(C)O2)c(Cl)c1)C1CCCC1)C(=O)O. The lowest BCUT2D eigenvalue weighted by atomic mass is 9.77. The second-order valence-corrected chi connectivity index (χ2v) is 12.1. The summed E-state index contributed by atoms with van der Waals surface area (Å²) in [4.78, 5) is 24.1. The molecule has 1 amide bonds. The fourth-order valence-electron chi connectivity index (χ4n) is 4.54. The molecule has 1 aliphatic heterocycles. The molecule has 7 nitrogen and oxygen atoms in total. The Morgan fingerprint density at radius 1 is 1.19 bits per heavy atom. The molecule has 0 radical (unpaired) electrons. The molecule has 0 unspecified atom stereocenters. The number of hydrogen-bond acceptors (Lipinski definition) is 5. The molecule has 1 saturated heterocycles. The molecule has 1 aromatic carbocycles. The van der Waals surface area contributed by atoms with Crippen molar-refractivity contribution in [3.63, 3.8) is 0 Å². The van der Waals surface area contributed by atoms with Gasteiger partial charge in [-0.25, -0.2) is 9.59 Å². The van der Waals surface area contributed by atoms with Crippen molar-refractivity contribution < 1.29 is 28.7 Å². The van der Waals surface area contributed by atoms with Crippen molar-refractivity contribution in [3.8, 4) is 0 Å². The summed E-state index contributed by atoms with van der Waals surface area (Å²) < 4.78 is 17.6. The van der Waals surface area contributed by atoms with Crippen LogP contribution in [0.15, 0.2) is 24.3 Å². The number of halogens is 1. The van der Waals surface area contributed by atoms with Gasteiger partial charge in [0.05, 0.1) is 11.2 Å². The summed E-state index contributed by atoms with van der Waals surface area (Å²) >= 11 is 6.74. The predicted molar refractivity (Wildman–Crippen MR) is 143 cm³/mol. The molecule has 0 bridgehead atoms. The zero-order valence-corrected chi connectivity index (χ0v) is 23.2. The van der Waals surface area contributed by atoms with Gasteiger partial charge in [0.1, 0.15) is 11.6 Å². The number of amides is 1. The van der Waals surface area contributed by atoms with Crippen molar-refractivity contribution in [1.82, 2.24) is 5.32 Å². The molecule has 9 heteroatoms. The number of allylic oxidation sites excluding steroid dienone is 1. The fourth-order valence-corrected chi connectivity index (χ4v) is 4.81. The molecule has 1 heterocycles. The number of aliphatic carboxylic acids is 1. The maximum Gasteiger partial charge on any atom is 0.496 e. The topological polar surface area (TPSA) is 94.1 Å². The van der Waals surface area contributed by atoms with Crippen molar-refractivity contribution in [1.29, 1.82) is 0 Å². The smallest absolute Gasteiger partial charge is 0.480 e. The Hall–Kier alpha value is -2.03. The van der Waals surface area contributed by atoms with E-state index < -0.39 is 42.0 Å². The quantitative estimate of drug-likeness (QED) is 0.457. The molecule has 1 aliphatic carbocycles. The van der Waals surface area contributed by atoms with E-state index in [1.807, 2.05) is 52.0 Å². The number of carboxylic acids is 1. The Morgan fingerprint density at radius 2 is 1.78 bits per heavy atom. The standard InChI is InChI=1S/C27H39BClNO6/c1-25(2,3)34-24(33)30-22(23(31)32)15-13-19(17-10-8-9-11-17)18-12-14-20(21(29)16-18)28-35-26(4,5)27(6,7)36-28/h12-14,16-17,22H,8-11,15H2,1-7H3,(H,30,33)(H,31,32)/b19-13+/t22-/m0/s1. The zero-order valence-electron chi connectivity index (χ0n) is 22.4. The second kappa shape index (κ2) is 10.8. The summed E-state index contributed by atoms with van der Waals surface area (Å²) in [5.41, 5.74) is 1.09. The van der Waals surface area contributed by atoms with E-state index in [0.29, 0.717) is 10.9 Å². The van der Waals surface area contributed by atoms with Gasteiger partial charge in [-0.15, -0.1) is 0 Å². The van der Waals surface area contributed by atoms with Crippen molar-refractivity contribution in [3.05, 3.63) is 34.9 Å². The first-order valence-electron chi connectivity index (χ1n) is 12.7. The van der Waals surface area contributed by atoms with Crippen LogP contribution >= 0.6 is 11.6 Å². The van der Waals surface area contributed by atoms with E-state index in [-0.39, 0.29) is 6.42 Å². The van der Waals surface area contributed by atoms with Crippen LogP contribution in [0.4, 0.5) is 4.79 Å². The van der Waals surface area contributed by atoms with Gasteiger partial charge in [-0.1, -0.05) is 42.7 Å². The van der Waals surface area contributed by atoms with Crippen LogP contribution in [0.2, 0.25) is 5.02 Å². The highest BCUT2D eigenvalue weighted by atomic mass is 35.5. The highest BCUT2D eigenvalue weighted by molar-refractivity contribution is 6.65. The lowest BCUT2D eigenvalue weighted by Gasteiger charge is -2.32. The molecule has 0 spiro atoms. The summed E-state index contributed by atoms with van der Waals surface area (Å²) in [6.45, 7) is 13.2. The summed E-state index contributed by atoms with van der Waals surface area (Å²) in [5, 5.41) is 12.7. The van der Waals surface area contributed by atoms with Crippen LogP contribution in [-0.2, 0) is 18.8 Å². The van der Waals surface area contributed by atoms with Crippen molar-refractivity contribution in [2.45, 2.75) is 103 Å². The summed E-state index contributed by atoms with van der Waals surface area (Å²) in [5.74, 6) is -0.809. The Labute approximate surface area is 220 Å². The van der Waals surface area contributed by atoms with Crippen LogP contribution in [0.25, 0.3) is 5.57 Å². The van der Waals surface area contributed by atoms with Gasteiger partial charge in [0.25, 0.3) is 0 Å². The van der Waals surface area contributed by atoms with Gasteiger partial charge in [0, 0.05) is 10.5 Å². The molecular formula is C27H39BClNO6. The van der Waals surface area contributed by atoms with Crippen LogP contribution in [-0.4, -0.2) is 47.1 Å². The van der Waals surface area contributed by atoms with E-state index in [4.69, 9.17) is 25.6 Å². The number of benzene rings is 1. The van der Waals surface area contributed by atoms with Gasteiger partial charge in [-0.3, -0.25) is 0 Å². The molecule has 0 aromatic heterocycles. The largest absolute Gasteiger partial charge is 0.496 e. The van der Waals surface area contributed by atoms with Gasteiger partial charge in [-0.2, -0.15) is 0 Å². The third kappa shape index (κ3) is 6.84. The van der Waals surface area contributed by atoms with Gasteiger partial charge in [0.2, 0.25) is 0 Å². The van der Waals surface area contributed by atoms with Crippen LogP contribution in [0.3, 0.4) is 0 Å². The van der Waals surface area contributed by atoms with Crippen LogP contribution in [0.5, 0.6) is 0 Å². The fraction of sp³-hybridized carbons (Fsp3) is 0.630. The zero-order chi connectivity index (χ0) is 26.9. The second-order valence-electron chi connectivity index (χ2n) is 11.7. The van der Waals surface area contributed by atoms with Crippen molar-refractivity contribution >= 4 is 41.8 Å². The first kappa shape index (κ1) is 28.5. The molecule has 1 saturated carbocycles. The molecule has 3 rings (SSSR count). The number of ether oxygens (including phenoxy) is 1. The highest BCUT2D eigenvalue weighted by Gasteiger charge is 2.52. The lowest BCUT2D eigenvalue weighted by molar-refractivity contribution is -0.139. The van der Waals surface area contributed by atoms with E-state index in [1.165, 1.54) is 0 Å². The van der Waals surface area contributed by atoms with E-state index in [0.717, 1.165) is 42.3 Å². The van der Waals surface area contributed by atoms with Crippen molar-refractivity contribution in [2.24, 2.45) is 5.92 Å². The number of carboxylic acid groups (broad SMARTS) is 1. The predicted octanol–water partition coefficient (Wildman–Crippen LogP) is 5.58. The molecule has 198 valence electrons. The minimum Gasteiger partial charge on any atom is -0.480 e. The van der Waals surface area contributed by atoms with E-state index >= 15 is 0 Å². The number of carbonyl (C=O) groups excluding carboxylic acids is 1. The summed E-state index contributed by atoms with van der Waals surface area (Å²) in [6, 6.07) is 4.73. The first-order chi connectivity index (χ1) is 16.6. The third-order valence-corrected chi connectivity index (χ3v) is 7.53. The van der Waals surface area contributed by atoms with Gasteiger partial charge in [-0.05, 0) is 90.8 Å². The number of rotatable bonds is 7. The molecule has 2 aliphatic rings. The van der Waals surface area contributed by atoms with Crippen molar-refractivity contribution in [2.75, 3.05) is 0 Å². The number of hydrogen-bond donors (Lipinski definition) is 2. The van der Waals surface area contributed by atoms with Gasteiger partial charge in [0.15, 0.2) is 0 Å². The number of nitrogens with one attached hydrogen (secondary N) is 1. The summed E-state index contributed by atoms with van der Waals surface area (Å²) in [6.07, 6.45) is 5.61. The maximum absolute atomic E-state index is 12.2. The Morgan fingerprint density at radius 3 is 2.28 bits per heavy atom. The maximum atomic E-state index is 12.2. The highest BCUT2D eigenvalue weighted by Crippen LogP contribution is 2.39. The van der Waals surface area contributed by atoms with E-state index in [1.54, 1.807) is 20.8 Å². The average Bonchev–Trinajstić information content (AvgIpc) is 3.32. The summed E-state index contributed by atoms with van der Waals surface area (Å²) in [7, 11) is -0.565. The Bertz CT molecular complexity index is 994. The molecule has 1 aromatic rings. The monoisotopic (exact) mass is 519 g/mol. The molecule has 1 atom stereocenters. The number of alkyl carbamates (subject to hydrolysis) is 1. The van der Waals surface area contributed by atoms with Crippen LogP contribution in [0, 0.1) is 5.92 Å². The normalized spacial score (nSPS) is 20.9. The third-order valence-electron chi connectivity index (χ3n) is 7.20. The number of carbonyl (C=O) groups is 2. The minimum atomic E-state index is -1.11. The average molecular weight is 520 g/mol. The van der Waals surface area contributed by atoms with E-state index in [9.17, 15) is 14.7 Å². The lowest BCUT2D eigenvalue weighted by Crippen LogP contribution is -2.43. The first-order valence-corrected chi connectivity index (χ1v) is 13.1. The van der Waals surface area contributed by atoms with Crippen LogP contribution in [0.1, 0.15) is 86.1 Å². The van der Waals surface area contributed by atoms with Crippen LogP contribution < -0.4 is 10.8 Å². The Kier molecular flexibility index (Phi) is 8.53. The Balaban J connectivity index is 1.84. The molecule has 2 fully saturated rings. The molecule has 2 N–H and O–H groups in total. The molecule has 36 heavy (non-hydrogen) atoms. The van der Waals surface area contributed by atoms with Gasteiger partial charge >= 0.3 is 19.2 Å². The molecular weight excluding hydrogens is 481 g/mol.